The second-order valence-electron chi connectivity index (χ2n) is 7.48. The molecule has 2 saturated heterocycles. The summed E-state index contributed by atoms with van der Waals surface area (Å²) < 4.78 is 5.84. The van der Waals surface area contributed by atoms with Gasteiger partial charge in [-0.15, -0.1) is 11.3 Å². The second-order valence-corrected chi connectivity index (χ2v) is 8.41. The number of morpholine rings is 1. The number of nitrogens with one attached hydrogen (secondary N) is 1. The van der Waals surface area contributed by atoms with E-state index in [1.807, 2.05) is 24.4 Å². The first-order chi connectivity index (χ1) is 13.7. The number of anilines is 2. The van der Waals surface area contributed by atoms with Crippen molar-refractivity contribution < 1.29 is 9.53 Å². The van der Waals surface area contributed by atoms with Crippen molar-refractivity contribution in [1.82, 2.24) is 9.88 Å². The highest BCUT2D eigenvalue weighted by Gasteiger charge is 2.29. The smallest absolute Gasteiger partial charge is 0.241 e. The summed E-state index contributed by atoms with van der Waals surface area (Å²) in [4.78, 5) is 21.7. The second kappa shape index (κ2) is 9.03. The summed E-state index contributed by atoms with van der Waals surface area (Å²) in [5, 5.41) is 6.00. The average Bonchev–Trinajstić information content (AvgIpc) is 3.29. The molecule has 1 aromatic heterocycles. The van der Waals surface area contributed by atoms with Crippen LogP contribution in [0.25, 0.3) is 0 Å². The van der Waals surface area contributed by atoms with Crippen molar-refractivity contribution in [3.8, 4) is 0 Å². The van der Waals surface area contributed by atoms with Crippen LogP contribution in [0.5, 0.6) is 0 Å². The summed E-state index contributed by atoms with van der Waals surface area (Å²) in [6.07, 6.45) is 5.60. The Morgan fingerprint density at radius 1 is 1.21 bits per heavy atom. The Morgan fingerprint density at radius 2 is 2.00 bits per heavy atom. The third-order valence-electron chi connectivity index (χ3n) is 5.61. The van der Waals surface area contributed by atoms with Crippen LogP contribution in [-0.4, -0.2) is 54.6 Å². The van der Waals surface area contributed by atoms with E-state index in [1.165, 1.54) is 24.9 Å². The Labute approximate surface area is 170 Å². The van der Waals surface area contributed by atoms with Crippen LogP contribution in [0.15, 0.2) is 35.8 Å². The van der Waals surface area contributed by atoms with Gasteiger partial charge in [0, 0.05) is 49.1 Å². The van der Waals surface area contributed by atoms with E-state index in [9.17, 15) is 4.79 Å². The Kier molecular flexibility index (Phi) is 6.24. The third-order valence-corrected chi connectivity index (χ3v) is 6.48. The SMILES string of the molecule is CC(C(=O)Nc1ccc(N2CCCCC2)cc1)N1CCOC(c2nccs2)C1. The molecule has 2 fully saturated rings. The molecule has 28 heavy (non-hydrogen) atoms. The molecular formula is C21H28N4O2S. The molecule has 2 aliphatic rings. The Balaban J connectivity index is 1.33. The van der Waals surface area contributed by atoms with Gasteiger partial charge in [0.05, 0.1) is 12.6 Å². The first kappa shape index (κ1) is 19.4. The molecule has 7 heteroatoms. The van der Waals surface area contributed by atoms with Crippen LogP contribution in [0.4, 0.5) is 11.4 Å². The molecule has 1 amide bonds. The predicted octanol–water partition coefficient (Wildman–Crippen LogP) is 3.53. The lowest BCUT2D eigenvalue weighted by atomic mass is 10.1. The lowest BCUT2D eigenvalue weighted by Gasteiger charge is -2.35. The highest BCUT2D eigenvalue weighted by molar-refractivity contribution is 7.09. The van der Waals surface area contributed by atoms with Crippen LogP contribution < -0.4 is 10.2 Å². The van der Waals surface area contributed by atoms with Gasteiger partial charge in [0.15, 0.2) is 0 Å². The molecular weight excluding hydrogens is 372 g/mol. The minimum absolute atomic E-state index is 0.0190. The fraction of sp³-hybridized carbons (Fsp3) is 0.524. The van der Waals surface area contributed by atoms with E-state index >= 15 is 0 Å². The minimum atomic E-state index is -0.215. The van der Waals surface area contributed by atoms with Crippen molar-refractivity contribution in [3.63, 3.8) is 0 Å². The zero-order valence-corrected chi connectivity index (χ0v) is 17.2. The van der Waals surface area contributed by atoms with E-state index in [-0.39, 0.29) is 18.1 Å². The number of nitrogens with zero attached hydrogens (tertiary/aromatic N) is 3. The van der Waals surface area contributed by atoms with Crippen LogP contribution in [0.1, 0.15) is 37.3 Å². The molecule has 2 aromatic rings. The van der Waals surface area contributed by atoms with E-state index < -0.39 is 0 Å². The lowest BCUT2D eigenvalue weighted by molar-refractivity contribution is -0.124. The van der Waals surface area contributed by atoms with Crippen LogP contribution in [-0.2, 0) is 9.53 Å². The number of aromatic nitrogens is 1. The van der Waals surface area contributed by atoms with Gasteiger partial charge in [0.25, 0.3) is 0 Å². The van der Waals surface area contributed by atoms with Crippen molar-refractivity contribution in [2.24, 2.45) is 0 Å². The Bertz CT molecular complexity index is 759. The lowest BCUT2D eigenvalue weighted by Crippen LogP contribution is -2.48. The summed E-state index contributed by atoms with van der Waals surface area (Å²) in [6, 6.07) is 8.02. The highest BCUT2D eigenvalue weighted by atomic mass is 32.1. The molecule has 2 aliphatic heterocycles. The highest BCUT2D eigenvalue weighted by Crippen LogP contribution is 2.26. The van der Waals surface area contributed by atoms with Gasteiger partial charge in [-0.05, 0) is 50.5 Å². The molecule has 4 rings (SSSR count). The molecule has 0 bridgehead atoms. The molecule has 2 atom stereocenters. The van der Waals surface area contributed by atoms with Crippen molar-refractivity contribution in [2.75, 3.05) is 43.0 Å². The van der Waals surface area contributed by atoms with E-state index in [4.69, 9.17) is 4.74 Å². The van der Waals surface area contributed by atoms with Gasteiger partial charge >= 0.3 is 0 Å². The number of piperidine rings is 1. The third kappa shape index (κ3) is 4.54. The van der Waals surface area contributed by atoms with Crippen LogP contribution in [0.3, 0.4) is 0 Å². The fourth-order valence-electron chi connectivity index (χ4n) is 3.88. The predicted molar refractivity (Wildman–Crippen MR) is 113 cm³/mol. The zero-order valence-electron chi connectivity index (χ0n) is 16.3. The number of hydrogen-bond acceptors (Lipinski definition) is 6. The molecule has 0 aliphatic carbocycles. The normalized spacial score (nSPS) is 22.0. The molecule has 3 heterocycles. The monoisotopic (exact) mass is 400 g/mol. The van der Waals surface area contributed by atoms with Gasteiger partial charge in [-0.3, -0.25) is 9.69 Å². The molecule has 0 spiro atoms. The number of benzene rings is 1. The summed E-state index contributed by atoms with van der Waals surface area (Å²) in [5.74, 6) is 0.0190. The molecule has 0 saturated carbocycles. The number of carbonyl (C=O) groups excluding carboxylic acids is 1. The van der Waals surface area contributed by atoms with E-state index in [2.05, 4.69) is 32.2 Å². The number of thiazole rings is 1. The van der Waals surface area contributed by atoms with Gasteiger partial charge in [-0.25, -0.2) is 4.98 Å². The van der Waals surface area contributed by atoms with Crippen molar-refractivity contribution in [3.05, 3.63) is 40.8 Å². The van der Waals surface area contributed by atoms with E-state index in [1.54, 1.807) is 17.5 Å². The van der Waals surface area contributed by atoms with Crippen LogP contribution in [0, 0.1) is 0 Å². The van der Waals surface area contributed by atoms with E-state index in [0.717, 1.165) is 30.3 Å². The topological polar surface area (TPSA) is 57.7 Å². The quantitative estimate of drug-likeness (QED) is 0.832. The van der Waals surface area contributed by atoms with Crippen molar-refractivity contribution in [2.45, 2.75) is 38.3 Å². The average molecular weight is 401 g/mol. The van der Waals surface area contributed by atoms with Crippen molar-refractivity contribution >= 4 is 28.6 Å². The molecule has 6 nitrogen and oxygen atoms in total. The molecule has 1 N–H and O–H groups in total. The molecule has 2 unspecified atom stereocenters. The number of carbonyl (C=O) groups is 1. The van der Waals surface area contributed by atoms with Crippen LogP contribution >= 0.6 is 11.3 Å². The standard InChI is InChI=1S/C21H28N4O2S/c1-16(25-12-13-27-19(15-25)21-22-9-14-28-21)20(26)23-17-5-7-18(8-6-17)24-10-3-2-4-11-24/h5-9,14,16,19H,2-4,10-13,15H2,1H3,(H,23,26). The van der Waals surface area contributed by atoms with Gasteiger partial charge in [-0.1, -0.05) is 0 Å². The van der Waals surface area contributed by atoms with Crippen LogP contribution in [0.2, 0.25) is 0 Å². The Morgan fingerprint density at radius 3 is 2.71 bits per heavy atom. The number of ether oxygens (including phenoxy) is 1. The number of hydrogen-bond donors (Lipinski definition) is 1. The molecule has 1 aromatic carbocycles. The van der Waals surface area contributed by atoms with Gasteiger partial charge in [0.1, 0.15) is 11.1 Å². The number of amides is 1. The van der Waals surface area contributed by atoms with Gasteiger partial charge < -0.3 is 15.0 Å². The summed E-state index contributed by atoms with van der Waals surface area (Å²) in [7, 11) is 0. The number of rotatable bonds is 5. The first-order valence-electron chi connectivity index (χ1n) is 10.1. The summed E-state index contributed by atoms with van der Waals surface area (Å²) in [6.45, 7) is 6.27. The largest absolute Gasteiger partial charge is 0.372 e. The fourth-order valence-corrected chi connectivity index (χ4v) is 4.56. The Hall–Kier alpha value is -1.96. The maximum Gasteiger partial charge on any atom is 0.241 e. The molecule has 150 valence electrons. The van der Waals surface area contributed by atoms with Crippen molar-refractivity contribution in [1.29, 1.82) is 0 Å². The summed E-state index contributed by atoms with van der Waals surface area (Å²) in [5.41, 5.74) is 2.09. The maximum absolute atomic E-state index is 12.8. The summed E-state index contributed by atoms with van der Waals surface area (Å²) >= 11 is 1.60. The van der Waals surface area contributed by atoms with E-state index in [0.29, 0.717) is 13.2 Å². The minimum Gasteiger partial charge on any atom is -0.372 e. The molecule has 0 radical (unpaired) electrons. The maximum atomic E-state index is 12.8. The first-order valence-corrected chi connectivity index (χ1v) is 11.0. The van der Waals surface area contributed by atoms with Gasteiger partial charge in [0.2, 0.25) is 5.91 Å². The van der Waals surface area contributed by atoms with Gasteiger partial charge in [-0.2, -0.15) is 0 Å². The zero-order chi connectivity index (χ0) is 19.3.